The lowest BCUT2D eigenvalue weighted by Crippen LogP contribution is -2.39. The van der Waals surface area contributed by atoms with Crippen LogP contribution in [-0.2, 0) is 4.74 Å². The van der Waals surface area contributed by atoms with E-state index in [0.717, 1.165) is 11.4 Å². The second kappa shape index (κ2) is 8.28. The molecule has 2 aliphatic heterocycles. The molecule has 0 aliphatic carbocycles. The Morgan fingerprint density at radius 1 is 1.21 bits per heavy atom. The van der Waals surface area contributed by atoms with Gasteiger partial charge in [0.2, 0.25) is 0 Å². The van der Waals surface area contributed by atoms with Crippen LogP contribution in [-0.4, -0.2) is 60.7 Å². The molecule has 2 atom stereocenters. The molecule has 2 heterocycles. The minimum atomic E-state index is -0.995. The molecule has 0 bridgehead atoms. The number of aliphatic hydroxyl groups is 1. The van der Waals surface area contributed by atoms with Crippen molar-refractivity contribution in [2.24, 2.45) is 0 Å². The van der Waals surface area contributed by atoms with Gasteiger partial charge in [0, 0.05) is 30.9 Å². The van der Waals surface area contributed by atoms with E-state index < -0.39 is 23.7 Å². The first-order valence-corrected chi connectivity index (χ1v) is 9.53. The van der Waals surface area contributed by atoms with Gasteiger partial charge in [-0.2, -0.15) is 0 Å². The van der Waals surface area contributed by atoms with Crippen LogP contribution in [0.15, 0.2) is 42.5 Å². The minimum Gasteiger partial charge on any atom is -0.389 e. The molecule has 2 unspecified atom stereocenters. The molecular weight excluding hydrogens is 377 g/mol. The summed E-state index contributed by atoms with van der Waals surface area (Å²) in [4.78, 5) is 25.7. The first-order valence-electron chi connectivity index (χ1n) is 9.53. The summed E-state index contributed by atoms with van der Waals surface area (Å²) in [5.74, 6) is -1.22. The summed E-state index contributed by atoms with van der Waals surface area (Å²) in [7, 11) is 0. The first kappa shape index (κ1) is 19.5. The van der Waals surface area contributed by atoms with Crippen molar-refractivity contribution in [2.45, 2.75) is 12.2 Å². The number of nitrogens with zero attached hydrogens (tertiary/aromatic N) is 1. The van der Waals surface area contributed by atoms with Crippen molar-refractivity contribution in [3.05, 3.63) is 65.0 Å². The van der Waals surface area contributed by atoms with Gasteiger partial charge in [-0.3, -0.25) is 14.5 Å². The predicted octanol–water partition coefficient (Wildman–Crippen LogP) is 1.56. The number of carbonyl (C=O) groups is 2. The quantitative estimate of drug-likeness (QED) is 0.639. The summed E-state index contributed by atoms with van der Waals surface area (Å²) in [6, 6.07) is 11.3. The van der Waals surface area contributed by atoms with Gasteiger partial charge in [0.1, 0.15) is 5.82 Å². The Kier molecular flexibility index (Phi) is 5.57. The third kappa shape index (κ3) is 4.00. The summed E-state index contributed by atoms with van der Waals surface area (Å²) in [6.45, 7) is 1.77. The highest BCUT2D eigenvalue weighted by Gasteiger charge is 2.36. The smallest absolute Gasteiger partial charge is 0.261 e. The van der Waals surface area contributed by atoms with Crippen LogP contribution in [0.2, 0.25) is 0 Å². The average molecular weight is 399 g/mol. The number of fused-ring (bicyclic) bond motifs is 1. The highest BCUT2D eigenvalue weighted by atomic mass is 19.1. The van der Waals surface area contributed by atoms with E-state index in [4.69, 9.17) is 4.74 Å². The van der Waals surface area contributed by atoms with Crippen LogP contribution in [0.3, 0.4) is 0 Å². The number of hydrogen-bond donors (Lipinski definition) is 3. The van der Waals surface area contributed by atoms with Crippen molar-refractivity contribution in [3.63, 3.8) is 0 Å². The summed E-state index contributed by atoms with van der Waals surface area (Å²) in [5, 5.41) is 16.4. The maximum absolute atomic E-state index is 14.4. The Balaban J connectivity index is 1.34. The first-order chi connectivity index (χ1) is 14.0. The topological polar surface area (TPSA) is 90.9 Å². The highest BCUT2D eigenvalue weighted by Crippen LogP contribution is 2.25. The van der Waals surface area contributed by atoms with E-state index >= 15 is 0 Å². The summed E-state index contributed by atoms with van der Waals surface area (Å²) >= 11 is 0. The van der Waals surface area contributed by atoms with Gasteiger partial charge in [-0.05, 0) is 24.3 Å². The number of carbonyl (C=O) groups excluding carboxylic acids is 2. The molecule has 0 saturated carbocycles. The second-order valence-corrected chi connectivity index (χ2v) is 7.10. The number of rotatable bonds is 6. The molecule has 4 rings (SSSR count). The number of halogens is 1. The van der Waals surface area contributed by atoms with E-state index in [9.17, 15) is 19.1 Å². The fourth-order valence-electron chi connectivity index (χ4n) is 3.58. The number of benzene rings is 2. The molecule has 7 nitrogen and oxygen atoms in total. The van der Waals surface area contributed by atoms with Gasteiger partial charge < -0.3 is 20.5 Å². The van der Waals surface area contributed by atoms with Crippen LogP contribution in [0, 0.1) is 5.82 Å². The molecule has 3 N–H and O–H groups in total. The van der Waals surface area contributed by atoms with Crippen molar-refractivity contribution in [2.75, 3.05) is 38.1 Å². The molecule has 1 saturated heterocycles. The number of anilines is 1. The van der Waals surface area contributed by atoms with Crippen LogP contribution in [0.5, 0.6) is 0 Å². The molecule has 152 valence electrons. The zero-order valence-corrected chi connectivity index (χ0v) is 15.7. The van der Waals surface area contributed by atoms with Crippen molar-refractivity contribution in [1.82, 2.24) is 10.2 Å². The van der Waals surface area contributed by atoms with Crippen LogP contribution >= 0.6 is 0 Å². The Bertz CT molecular complexity index is 895. The van der Waals surface area contributed by atoms with E-state index in [1.165, 1.54) is 6.07 Å². The van der Waals surface area contributed by atoms with E-state index in [2.05, 4.69) is 10.6 Å². The number of ether oxygens (including phenoxy) is 1. The standard InChI is InChI=1S/C21H22FN3O4/c22-18-9-13(5-6-17(18)19-11-23-7-8-29-19)24-10-14(26)12-25-20(27)15-3-1-2-4-16(15)21(25)28/h1-6,9,14,19,23-24,26H,7-8,10-12H2. The lowest BCUT2D eigenvalue weighted by molar-refractivity contribution is 0.0255. The molecule has 2 amide bonds. The molecule has 8 heteroatoms. The number of imide groups is 1. The molecule has 2 aromatic carbocycles. The molecule has 2 aliphatic rings. The normalized spacial score (nSPS) is 19.9. The highest BCUT2D eigenvalue weighted by molar-refractivity contribution is 6.21. The number of β-amino-alcohol motifs (C(OH)–C–C–N with tert-alkyl or cyclic N) is 1. The molecule has 29 heavy (non-hydrogen) atoms. The van der Waals surface area contributed by atoms with Gasteiger partial charge in [-0.1, -0.05) is 18.2 Å². The Labute approximate surface area is 167 Å². The predicted molar refractivity (Wildman–Crippen MR) is 104 cm³/mol. The summed E-state index contributed by atoms with van der Waals surface area (Å²) < 4.78 is 20.0. The van der Waals surface area contributed by atoms with Crippen LogP contribution < -0.4 is 10.6 Å². The van der Waals surface area contributed by atoms with E-state index in [0.29, 0.717) is 35.5 Å². The van der Waals surface area contributed by atoms with Crippen molar-refractivity contribution < 1.29 is 23.8 Å². The largest absolute Gasteiger partial charge is 0.389 e. The Morgan fingerprint density at radius 2 is 1.93 bits per heavy atom. The van der Waals surface area contributed by atoms with E-state index in [1.54, 1.807) is 36.4 Å². The van der Waals surface area contributed by atoms with Crippen molar-refractivity contribution in [1.29, 1.82) is 0 Å². The van der Waals surface area contributed by atoms with E-state index in [1.807, 2.05) is 0 Å². The summed E-state index contributed by atoms with van der Waals surface area (Å²) in [5.41, 5.74) is 1.66. The zero-order chi connectivity index (χ0) is 20.4. The molecule has 0 aromatic heterocycles. The van der Waals surface area contributed by atoms with Crippen LogP contribution in [0.4, 0.5) is 10.1 Å². The fraction of sp³-hybridized carbons (Fsp3) is 0.333. The van der Waals surface area contributed by atoms with Crippen LogP contribution in [0.25, 0.3) is 0 Å². The van der Waals surface area contributed by atoms with Gasteiger partial charge in [0.15, 0.2) is 0 Å². The monoisotopic (exact) mass is 399 g/mol. The van der Waals surface area contributed by atoms with Gasteiger partial charge in [0.25, 0.3) is 11.8 Å². The molecule has 0 spiro atoms. The van der Waals surface area contributed by atoms with Crippen LogP contribution in [0.1, 0.15) is 32.4 Å². The van der Waals surface area contributed by atoms with Gasteiger partial charge >= 0.3 is 0 Å². The second-order valence-electron chi connectivity index (χ2n) is 7.10. The maximum atomic E-state index is 14.4. The third-order valence-electron chi connectivity index (χ3n) is 5.09. The third-order valence-corrected chi connectivity index (χ3v) is 5.09. The molecule has 2 aromatic rings. The zero-order valence-electron chi connectivity index (χ0n) is 15.7. The molecule has 1 fully saturated rings. The average Bonchev–Trinajstić information content (AvgIpc) is 2.98. The number of nitrogens with one attached hydrogen (secondary N) is 2. The maximum Gasteiger partial charge on any atom is 0.261 e. The summed E-state index contributed by atoms with van der Waals surface area (Å²) in [6.07, 6.45) is -1.32. The Hall–Kier alpha value is -2.81. The number of morpholine rings is 1. The lowest BCUT2D eigenvalue weighted by Gasteiger charge is -2.24. The molecular formula is C21H22FN3O4. The lowest BCUT2D eigenvalue weighted by atomic mass is 10.1. The number of aliphatic hydroxyl groups excluding tert-OH is 1. The van der Waals surface area contributed by atoms with Crippen molar-refractivity contribution in [3.8, 4) is 0 Å². The van der Waals surface area contributed by atoms with Gasteiger partial charge in [-0.15, -0.1) is 0 Å². The SMILES string of the molecule is O=C1c2ccccc2C(=O)N1CC(O)CNc1ccc(C2CNCCO2)c(F)c1. The minimum absolute atomic E-state index is 0.0632. The van der Waals surface area contributed by atoms with Gasteiger partial charge in [-0.25, -0.2) is 4.39 Å². The number of hydrogen-bond acceptors (Lipinski definition) is 6. The Morgan fingerprint density at radius 3 is 2.55 bits per heavy atom. The number of amides is 2. The van der Waals surface area contributed by atoms with E-state index in [-0.39, 0.29) is 19.2 Å². The van der Waals surface area contributed by atoms with Crippen molar-refractivity contribution >= 4 is 17.5 Å². The van der Waals surface area contributed by atoms with Gasteiger partial charge in [0.05, 0.1) is 36.5 Å². The fourth-order valence-corrected chi connectivity index (χ4v) is 3.58. The molecule has 0 radical (unpaired) electrons.